The number of amides is 2. The smallest absolute Gasteiger partial charge is 0.326 e. The van der Waals surface area contributed by atoms with E-state index in [2.05, 4.69) is 15.6 Å². The van der Waals surface area contributed by atoms with Crippen molar-refractivity contribution in [2.75, 3.05) is 26.2 Å². The van der Waals surface area contributed by atoms with Gasteiger partial charge in [0.15, 0.2) is 0 Å². The van der Waals surface area contributed by atoms with Crippen molar-refractivity contribution in [3.63, 3.8) is 0 Å². The highest BCUT2D eigenvalue weighted by atomic mass is 16.3. The van der Waals surface area contributed by atoms with Crippen LogP contribution in [0.25, 0.3) is 11.3 Å². The van der Waals surface area contributed by atoms with Gasteiger partial charge in [-0.05, 0) is 25.0 Å². The molecule has 2 amide bonds. The van der Waals surface area contributed by atoms with Crippen molar-refractivity contribution in [1.29, 1.82) is 0 Å². The van der Waals surface area contributed by atoms with Crippen LogP contribution >= 0.6 is 0 Å². The third kappa shape index (κ3) is 5.23. The summed E-state index contributed by atoms with van der Waals surface area (Å²) in [5, 5.41) is 17.0. The molecule has 37 heavy (non-hydrogen) atoms. The van der Waals surface area contributed by atoms with Gasteiger partial charge in [-0.15, -0.1) is 0 Å². The van der Waals surface area contributed by atoms with Gasteiger partial charge in [-0.25, -0.2) is 4.79 Å². The highest BCUT2D eigenvalue weighted by molar-refractivity contribution is 5.99. The number of imidazole rings is 1. The Labute approximate surface area is 215 Å². The van der Waals surface area contributed by atoms with E-state index in [1.807, 2.05) is 48.5 Å². The zero-order valence-electron chi connectivity index (χ0n) is 20.7. The van der Waals surface area contributed by atoms with Crippen molar-refractivity contribution < 1.29 is 14.7 Å². The van der Waals surface area contributed by atoms with Gasteiger partial charge in [0.1, 0.15) is 5.69 Å². The Balaban J connectivity index is 1.46. The number of aromatic amines is 1. The van der Waals surface area contributed by atoms with Crippen LogP contribution < -0.4 is 16.3 Å². The number of nitrogens with zero attached hydrogens (tertiary/aromatic N) is 2. The number of aliphatic hydroxyl groups excluding tert-OH is 1. The number of aromatic nitrogens is 2. The lowest BCUT2D eigenvalue weighted by Gasteiger charge is -2.36. The first-order valence-electron chi connectivity index (χ1n) is 13.0. The van der Waals surface area contributed by atoms with Gasteiger partial charge in [0.2, 0.25) is 0 Å². The maximum absolute atomic E-state index is 14.0. The SMILES string of the molecule is O=C(NCC1CNCCN1C(=O)c1[nH]c(=O)n([C@@H]2CCCC[C@H]2O)c1-c1ccccc1)c1ccccc1. The number of rotatable bonds is 6. The Morgan fingerprint density at radius 2 is 1.70 bits per heavy atom. The fourth-order valence-electron chi connectivity index (χ4n) is 5.45. The number of nitrogens with one attached hydrogen (secondary N) is 3. The van der Waals surface area contributed by atoms with Gasteiger partial charge in [-0.1, -0.05) is 61.4 Å². The second-order valence-corrected chi connectivity index (χ2v) is 9.74. The van der Waals surface area contributed by atoms with E-state index in [-0.39, 0.29) is 30.1 Å². The predicted molar refractivity (Wildman–Crippen MR) is 140 cm³/mol. The van der Waals surface area contributed by atoms with Crippen LogP contribution in [0.5, 0.6) is 0 Å². The number of aliphatic hydroxyl groups is 1. The average Bonchev–Trinajstić information content (AvgIpc) is 3.29. The van der Waals surface area contributed by atoms with E-state index in [1.54, 1.807) is 21.6 Å². The standard InChI is InChI=1S/C28H33N5O4/c34-23-14-8-7-13-22(23)33-25(19-9-3-1-4-10-19)24(31-28(33)37)27(36)32-16-15-29-17-21(32)18-30-26(35)20-11-5-2-6-12-20/h1-6,9-12,21-23,29,34H,7-8,13-18H2,(H,30,35)(H,31,37)/t21?,22-,23-/m1/s1. The summed E-state index contributed by atoms with van der Waals surface area (Å²) in [6.07, 6.45) is 2.49. The van der Waals surface area contributed by atoms with Crippen LogP contribution in [0.15, 0.2) is 65.5 Å². The lowest BCUT2D eigenvalue weighted by molar-refractivity contribution is 0.0618. The van der Waals surface area contributed by atoms with E-state index in [1.165, 1.54) is 0 Å². The molecular formula is C28H33N5O4. The molecular weight excluding hydrogens is 470 g/mol. The lowest BCUT2D eigenvalue weighted by Crippen LogP contribution is -2.57. The Morgan fingerprint density at radius 3 is 2.43 bits per heavy atom. The molecule has 0 radical (unpaired) electrons. The molecule has 0 spiro atoms. The molecule has 5 rings (SSSR count). The molecule has 194 valence electrons. The van der Waals surface area contributed by atoms with Crippen molar-refractivity contribution >= 4 is 11.8 Å². The van der Waals surface area contributed by atoms with Gasteiger partial charge in [-0.3, -0.25) is 14.2 Å². The summed E-state index contributed by atoms with van der Waals surface area (Å²) >= 11 is 0. The number of carbonyl (C=O) groups excluding carboxylic acids is 2. The van der Waals surface area contributed by atoms with Crippen LogP contribution in [0, 0.1) is 0 Å². The first-order chi connectivity index (χ1) is 18.0. The summed E-state index contributed by atoms with van der Waals surface area (Å²) in [5.74, 6) is -0.491. The number of carbonyl (C=O) groups is 2. The van der Waals surface area contributed by atoms with Crippen LogP contribution in [0.1, 0.15) is 52.6 Å². The molecule has 1 aliphatic heterocycles. The maximum Gasteiger partial charge on any atom is 0.326 e. The van der Waals surface area contributed by atoms with E-state index in [9.17, 15) is 19.5 Å². The van der Waals surface area contributed by atoms with Crippen LogP contribution in [0.4, 0.5) is 0 Å². The molecule has 2 fully saturated rings. The van der Waals surface area contributed by atoms with Gasteiger partial charge in [0, 0.05) is 37.3 Å². The fraction of sp³-hybridized carbons (Fsp3) is 0.393. The van der Waals surface area contributed by atoms with E-state index in [0.29, 0.717) is 43.7 Å². The minimum absolute atomic E-state index is 0.200. The van der Waals surface area contributed by atoms with Crippen molar-refractivity contribution in [1.82, 2.24) is 25.1 Å². The minimum Gasteiger partial charge on any atom is -0.391 e. The normalized spacial score (nSPS) is 22.0. The van der Waals surface area contributed by atoms with E-state index in [4.69, 9.17) is 0 Å². The fourth-order valence-corrected chi connectivity index (χ4v) is 5.45. The molecule has 1 unspecified atom stereocenters. The molecule has 2 aliphatic rings. The molecule has 1 aromatic heterocycles. The molecule has 0 bridgehead atoms. The van der Waals surface area contributed by atoms with Crippen molar-refractivity contribution in [2.45, 2.75) is 43.9 Å². The summed E-state index contributed by atoms with van der Waals surface area (Å²) in [4.78, 5) is 44.4. The Bertz CT molecular complexity index is 1290. The first-order valence-corrected chi connectivity index (χ1v) is 13.0. The summed E-state index contributed by atoms with van der Waals surface area (Å²) in [6.45, 7) is 1.85. The van der Waals surface area contributed by atoms with Crippen LogP contribution in [-0.4, -0.2) is 69.7 Å². The predicted octanol–water partition coefficient (Wildman–Crippen LogP) is 2.16. The molecule has 1 aliphatic carbocycles. The Morgan fingerprint density at radius 1 is 1.00 bits per heavy atom. The molecule has 1 saturated heterocycles. The van der Waals surface area contributed by atoms with Crippen LogP contribution in [0.2, 0.25) is 0 Å². The van der Waals surface area contributed by atoms with Crippen molar-refractivity contribution in [3.05, 3.63) is 82.4 Å². The van der Waals surface area contributed by atoms with Gasteiger partial charge in [-0.2, -0.15) is 0 Å². The maximum atomic E-state index is 14.0. The zero-order chi connectivity index (χ0) is 25.8. The van der Waals surface area contributed by atoms with Crippen LogP contribution in [0.3, 0.4) is 0 Å². The van der Waals surface area contributed by atoms with Crippen LogP contribution in [-0.2, 0) is 0 Å². The first kappa shape index (κ1) is 25.0. The number of benzene rings is 2. The van der Waals surface area contributed by atoms with E-state index >= 15 is 0 Å². The summed E-state index contributed by atoms with van der Waals surface area (Å²) in [5.41, 5.74) is 1.63. The molecule has 2 aromatic carbocycles. The van der Waals surface area contributed by atoms with Gasteiger partial charge >= 0.3 is 5.69 Å². The number of H-pyrrole nitrogens is 1. The lowest BCUT2D eigenvalue weighted by atomic mass is 9.92. The summed E-state index contributed by atoms with van der Waals surface area (Å²) in [6, 6.07) is 17.7. The largest absolute Gasteiger partial charge is 0.391 e. The molecule has 3 atom stereocenters. The molecule has 4 N–H and O–H groups in total. The topological polar surface area (TPSA) is 119 Å². The highest BCUT2D eigenvalue weighted by Gasteiger charge is 2.35. The number of hydrogen-bond acceptors (Lipinski definition) is 5. The molecule has 1 saturated carbocycles. The monoisotopic (exact) mass is 503 g/mol. The summed E-state index contributed by atoms with van der Waals surface area (Å²) < 4.78 is 1.58. The van der Waals surface area contributed by atoms with Crippen molar-refractivity contribution in [2.24, 2.45) is 0 Å². The van der Waals surface area contributed by atoms with Crippen molar-refractivity contribution in [3.8, 4) is 11.3 Å². The van der Waals surface area contributed by atoms with Gasteiger partial charge in [0.05, 0.1) is 23.9 Å². The highest BCUT2D eigenvalue weighted by Crippen LogP contribution is 2.33. The van der Waals surface area contributed by atoms with Gasteiger partial charge in [0.25, 0.3) is 11.8 Å². The average molecular weight is 504 g/mol. The Kier molecular flexibility index (Phi) is 7.52. The zero-order valence-corrected chi connectivity index (χ0v) is 20.7. The quantitative estimate of drug-likeness (QED) is 0.411. The minimum atomic E-state index is -0.646. The number of hydrogen-bond donors (Lipinski definition) is 4. The Hall–Kier alpha value is -3.69. The van der Waals surface area contributed by atoms with E-state index in [0.717, 1.165) is 18.4 Å². The van der Waals surface area contributed by atoms with E-state index < -0.39 is 17.8 Å². The van der Waals surface area contributed by atoms with Gasteiger partial charge < -0.3 is 25.6 Å². The third-order valence-electron chi connectivity index (χ3n) is 7.36. The molecule has 3 aromatic rings. The molecule has 9 nitrogen and oxygen atoms in total. The third-order valence-corrected chi connectivity index (χ3v) is 7.36. The second-order valence-electron chi connectivity index (χ2n) is 9.74. The summed E-state index contributed by atoms with van der Waals surface area (Å²) in [7, 11) is 0. The second kappa shape index (κ2) is 11.1. The molecule has 9 heteroatoms. The number of piperazine rings is 1. The molecule has 2 heterocycles.